The zero-order valence-corrected chi connectivity index (χ0v) is 14.6. The van der Waals surface area contributed by atoms with Gasteiger partial charge in [-0.05, 0) is 41.9 Å². The molecule has 0 radical (unpaired) electrons. The van der Waals surface area contributed by atoms with Gasteiger partial charge in [0.25, 0.3) is 5.91 Å². The first kappa shape index (κ1) is 18.3. The van der Waals surface area contributed by atoms with Crippen molar-refractivity contribution in [3.05, 3.63) is 22.2 Å². The molecule has 1 rings (SSSR count). The molecule has 1 N–H and O–H groups in total. The molecule has 0 aliphatic carbocycles. The molecule has 0 bridgehead atoms. The lowest BCUT2D eigenvalue weighted by atomic mass is 10.1. The van der Waals surface area contributed by atoms with Gasteiger partial charge >= 0.3 is 5.97 Å². The number of aliphatic carboxylic acids is 1. The number of carbonyl (C=O) groups is 2. The molecule has 1 aromatic rings. The number of halogens is 1. The molecule has 1 aromatic carbocycles. The summed E-state index contributed by atoms with van der Waals surface area (Å²) in [6.07, 6.45) is -0.0988. The molecule has 0 aliphatic heterocycles. The number of carboxylic acid groups (broad SMARTS) is 1. The highest BCUT2D eigenvalue weighted by atomic mass is 79.9. The van der Waals surface area contributed by atoms with Crippen LogP contribution >= 0.6 is 15.9 Å². The van der Waals surface area contributed by atoms with Crippen LogP contribution in [0.25, 0.3) is 0 Å². The number of hydrogen-bond donors (Lipinski definition) is 1. The summed E-state index contributed by atoms with van der Waals surface area (Å²) in [7, 11) is 3.00. The van der Waals surface area contributed by atoms with Crippen LogP contribution in [0.1, 0.15) is 30.6 Å². The van der Waals surface area contributed by atoms with E-state index in [-0.39, 0.29) is 24.9 Å². The second-order valence-electron chi connectivity index (χ2n) is 4.93. The van der Waals surface area contributed by atoms with Crippen molar-refractivity contribution in [1.29, 1.82) is 0 Å². The third-order valence-electron chi connectivity index (χ3n) is 3.13. The largest absolute Gasteiger partial charge is 0.493 e. The molecule has 0 saturated heterocycles. The molecular formula is C15H20BrNO5. The zero-order valence-electron chi connectivity index (χ0n) is 13.1. The molecule has 0 fully saturated rings. The molecule has 1 amide bonds. The van der Waals surface area contributed by atoms with E-state index in [0.717, 1.165) is 0 Å². The van der Waals surface area contributed by atoms with Gasteiger partial charge in [-0.1, -0.05) is 0 Å². The first-order valence-electron chi connectivity index (χ1n) is 6.76. The van der Waals surface area contributed by atoms with Crippen LogP contribution in [0.4, 0.5) is 0 Å². The van der Waals surface area contributed by atoms with E-state index in [0.29, 0.717) is 21.5 Å². The summed E-state index contributed by atoms with van der Waals surface area (Å²) in [5, 5.41) is 8.81. The van der Waals surface area contributed by atoms with Gasteiger partial charge in [0.15, 0.2) is 11.5 Å². The number of ether oxygens (including phenoxy) is 2. The smallest absolute Gasteiger partial charge is 0.305 e. The molecular weight excluding hydrogens is 354 g/mol. The van der Waals surface area contributed by atoms with E-state index < -0.39 is 5.97 Å². The van der Waals surface area contributed by atoms with Crippen LogP contribution in [0.3, 0.4) is 0 Å². The highest BCUT2D eigenvalue weighted by Gasteiger charge is 2.22. The highest BCUT2D eigenvalue weighted by molar-refractivity contribution is 9.10. The van der Waals surface area contributed by atoms with E-state index in [9.17, 15) is 9.59 Å². The summed E-state index contributed by atoms with van der Waals surface area (Å²) >= 11 is 3.35. The van der Waals surface area contributed by atoms with Crippen molar-refractivity contribution in [2.75, 3.05) is 20.8 Å². The maximum atomic E-state index is 12.6. The van der Waals surface area contributed by atoms with Crippen molar-refractivity contribution in [3.63, 3.8) is 0 Å². The van der Waals surface area contributed by atoms with Gasteiger partial charge in [-0.2, -0.15) is 0 Å². The van der Waals surface area contributed by atoms with Crippen LogP contribution in [0.5, 0.6) is 11.5 Å². The number of rotatable bonds is 7. The van der Waals surface area contributed by atoms with E-state index in [1.807, 2.05) is 13.8 Å². The molecule has 0 aliphatic rings. The van der Waals surface area contributed by atoms with Gasteiger partial charge in [-0.25, -0.2) is 0 Å². The molecule has 0 aromatic heterocycles. The zero-order chi connectivity index (χ0) is 16.9. The van der Waals surface area contributed by atoms with E-state index in [2.05, 4.69) is 15.9 Å². The Hall–Kier alpha value is -1.76. The molecule has 0 spiro atoms. The van der Waals surface area contributed by atoms with E-state index >= 15 is 0 Å². The molecule has 0 atom stereocenters. The Kier molecular flexibility index (Phi) is 6.67. The summed E-state index contributed by atoms with van der Waals surface area (Å²) < 4.78 is 11.0. The topological polar surface area (TPSA) is 76.1 Å². The summed E-state index contributed by atoms with van der Waals surface area (Å²) in [5.74, 6) is -0.257. The summed E-state index contributed by atoms with van der Waals surface area (Å²) in [4.78, 5) is 24.9. The highest BCUT2D eigenvalue weighted by Crippen LogP contribution is 2.36. The summed E-state index contributed by atoms with van der Waals surface area (Å²) in [6.45, 7) is 3.84. The molecule has 122 valence electrons. The normalized spacial score (nSPS) is 10.5. The molecule has 22 heavy (non-hydrogen) atoms. The lowest BCUT2D eigenvalue weighted by Crippen LogP contribution is -2.38. The standard InChI is InChI=1S/C15H20BrNO5/c1-9(2)17(6-5-13(18)19)15(20)10-7-11(16)14(22-4)12(8-10)21-3/h7-9H,5-6H2,1-4H3,(H,18,19). The van der Waals surface area contributed by atoms with E-state index in [1.54, 1.807) is 12.1 Å². The SMILES string of the molecule is COc1cc(C(=O)N(CCC(=O)O)C(C)C)cc(Br)c1OC. The average Bonchev–Trinajstić information content (AvgIpc) is 2.45. The van der Waals surface area contributed by atoms with Crippen LogP contribution < -0.4 is 9.47 Å². The fraction of sp³-hybridized carbons (Fsp3) is 0.467. The third-order valence-corrected chi connectivity index (χ3v) is 3.72. The molecule has 6 nitrogen and oxygen atoms in total. The number of benzene rings is 1. The molecule has 0 saturated carbocycles. The predicted molar refractivity (Wildman–Crippen MR) is 85.7 cm³/mol. The van der Waals surface area contributed by atoms with Crippen molar-refractivity contribution < 1.29 is 24.2 Å². The average molecular weight is 374 g/mol. The van der Waals surface area contributed by atoms with E-state index in [4.69, 9.17) is 14.6 Å². The van der Waals surface area contributed by atoms with Crippen molar-refractivity contribution >= 4 is 27.8 Å². The maximum Gasteiger partial charge on any atom is 0.305 e. The predicted octanol–water partition coefficient (Wildman–Crippen LogP) is 2.79. The van der Waals surface area contributed by atoms with Crippen molar-refractivity contribution in [3.8, 4) is 11.5 Å². The van der Waals surface area contributed by atoms with Gasteiger partial charge in [0.1, 0.15) is 0 Å². The number of hydrogen-bond acceptors (Lipinski definition) is 4. The maximum absolute atomic E-state index is 12.6. The summed E-state index contributed by atoms with van der Waals surface area (Å²) in [6, 6.07) is 3.11. The first-order chi connectivity index (χ1) is 10.3. The molecule has 7 heteroatoms. The monoisotopic (exact) mass is 373 g/mol. The minimum Gasteiger partial charge on any atom is -0.493 e. The Morgan fingerprint density at radius 2 is 1.91 bits per heavy atom. The Morgan fingerprint density at radius 3 is 2.36 bits per heavy atom. The Morgan fingerprint density at radius 1 is 1.27 bits per heavy atom. The minimum absolute atomic E-state index is 0.0988. The number of carboxylic acids is 1. The van der Waals surface area contributed by atoms with Crippen LogP contribution in [-0.2, 0) is 4.79 Å². The fourth-order valence-electron chi connectivity index (χ4n) is 2.02. The van der Waals surface area contributed by atoms with Gasteiger partial charge < -0.3 is 19.5 Å². The number of amides is 1. The number of carbonyl (C=O) groups excluding carboxylic acids is 1. The van der Waals surface area contributed by atoms with Crippen molar-refractivity contribution in [1.82, 2.24) is 4.90 Å². The first-order valence-corrected chi connectivity index (χ1v) is 7.55. The van der Waals surface area contributed by atoms with Crippen LogP contribution in [0, 0.1) is 0 Å². The molecule has 0 heterocycles. The minimum atomic E-state index is -0.938. The van der Waals surface area contributed by atoms with Gasteiger partial charge in [0.2, 0.25) is 0 Å². The van der Waals surface area contributed by atoms with Crippen LogP contribution in [0.15, 0.2) is 16.6 Å². The quantitative estimate of drug-likeness (QED) is 0.794. The van der Waals surface area contributed by atoms with Crippen molar-refractivity contribution in [2.45, 2.75) is 26.3 Å². The lowest BCUT2D eigenvalue weighted by Gasteiger charge is -2.26. The van der Waals surface area contributed by atoms with Gasteiger partial charge in [-0.3, -0.25) is 9.59 Å². The Balaban J connectivity index is 3.13. The Labute approximate surface area is 138 Å². The van der Waals surface area contributed by atoms with Crippen molar-refractivity contribution in [2.24, 2.45) is 0 Å². The summed E-state index contributed by atoms with van der Waals surface area (Å²) in [5.41, 5.74) is 0.406. The number of methoxy groups -OCH3 is 2. The molecule has 0 unspecified atom stereocenters. The number of nitrogens with zero attached hydrogens (tertiary/aromatic N) is 1. The van der Waals surface area contributed by atoms with Crippen LogP contribution in [0.2, 0.25) is 0 Å². The lowest BCUT2D eigenvalue weighted by molar-refractivity contribution is -0.137. The third kappa shape index (κ3) is 4.37. The van der Waals surface area contributed by atoms with Crippen LogP contribution in [-0.4, -0.2) is 48.7 Å². The second kappa shape index (κ2) is 8.03. The van der Waals surface area contributed by atoms with Gasteiger partial charge in [-0.15, -0.1) is 0 Å². The fourth-order valence-corrected chi connectivity index (χ4v) is 2.62. The van der Waals surface area contributed by atoms with E-state index in [1.165, 1.54) is 19.1 Å². The van der Waals surface area contributed by atoms with Gasteiger partial charge in [0, 0.05) is 18.2 Å². The Bertz CT molecular complexity index is 559. The van der Waals surface area contributed by atoms with Gasteiger partial charge in [0.05, 0.1) is 25.1 Å². The second-order valence-corrected chi connectivity index (χ2v) is 5.78.